The van der Waals surface area contributed by atoms with E-state index in [9.17, 15) is 9.59 Å². The molecule has 4 nitrogen and oxygen atoms in total. The largest absolute Gasteiger partial charge is 0.465 e. The van der Waals surface area contributed by atoms with Crippen LogP contribution < -0.4 is 4.90 Å². The number of Topliss-reactive ketones (excluding diaryl/α,β-unsaturated/α-hetero) is 1. The number of hydrogen-bond donors (Lipinski definition) is 0. The van der Waals surface area contributed by atoms with E-state index in [4.69, 9.17) is 4.74 Å². The molecule has 0 amide bonds. The molecule has 0 saturated carbocycles. The standard InChI is InChI=1S/C14H15NO3S2/c1-8(16)10-4-3-9(14(17)18-2)5-11(10)15-12-6-19-13(15)7-20-12/h3-5,12-13H,6-7H2,1-2H3. The van der Waals surface area contributed by atoms with Crippen molar-refractivity contribution in [3.8, 4) is 0 Å². The molecule has 0 aliphatic carbocycles. The van der Waals surface area contributed by atoms with Crippen LogP contribution in [0.3, 0.4) is 0 Å². The fourth-order valence-electron chi connectivity index (χ4n) is 2.59. The maximum Gasteiger partial charge on any atom is 0.337 e. The number of hydrogen-bond acceptors (Lipinski definition) is 6. The molecule has 106 valence electrons. The number of carbonyl (C=O) groups is 2. The first-order chi connectivity index (χ1) is 9.61. The molecule has 2 unspecified atom stereocenters. The molecule has 2 saturated heterocycles. The van der Waals surface area contributed by atoms with E-state index in [1.807, 2.05) is 23.5 Å². The van der Waals surface area contributed by atoms with Crippen LogP contribution in [0.5, 0.6) is 0 Å². The zero-order chi connectivity index (χ0) is 14.3. The highest BCUT2D eigenvalue weighted by molar-refractivity contribution is 8.08. The number of rotatable bonds is 3. The number of thioether (sulfide) groups is 2. The summed E-state index contributed by atoms with van der Waals surface area (Å²) in [5.41, 5.74) is 2.04. The Balaban J connectivity index is 2.06. The summed E-state index contributed by atoms with van der Waals surface area (Å²) < 4.78 is 4.77. The lowest BCUT2D eigenvalue weighted by molar-refractivity contribution is 0.0600. The van der Waals surface area contributed by atoms with Gasteiger partial charge in [0.25, 0.3) is 0 Å². The molecule has 3 rings (SSSR count). The first kappa shape index (κ1) is 13.8. The van der Waals surface area contributed by atoms with E-state index >= 15 is 0 Å². The van der Waals surface area contributed by atoms with Crippen LogP contribution >= 0.6 is 23.5 Å². The van der Waals surface area contributed by atoms with Gasteiger partial charge in [-0.3, -0.25) is 4.79 Å². The highest BCUT2D eigenvalue weighted by atomic mass is 32.2. The Hall–Kier alpha value is -1.14. The lowest BCUT2D eigenvalue weighted by Crippen LogP contribution is -2.30. The maximum atomic E-state index is 11.9. The number of anilines is 1. The van der Waals surface area contributed by atoms with Gasteiger partial charge in [-0.15, -0.1) is 23.5 Å². The minimum atomic E-state index is -0.367. The molecule has 2 aliphatic heterocycles. The van der Waals surface area contributed by atoms with Gasteiger partial charge in [0, 0.05) is 17.1 Å². The minimum absolute atomic E-state index is 0.0257. The third-order valence-electron chi connectivity index (χ3n) is 3.56. The molecule has 2 atom stereocenters. The number of methoxy groups -OCH3 is 1. The zero-order valence-electron chi connectivity index (χ0n) is 11.3. The van der Waals surface area contributed by atoms with E-state index in [0.717, 1.165) is 17.2 Å². The molecule has 2 fully saturated rings. The molecule has 20 heavy (non-hydrogen) atoms. The van der Waals surface area contributed by atoms with Crippen LogP contribution in [-0.4, -0.2) is 41.1 Å². The van der Waals surface area contributed by atoms with Crippen LogP contribution in [0.4, 0.5) is 5.69 Å². The predicted octanol–water partition coefficient (Wildman–Crippen LogP) is 2.63. The van der Waals surface area contributed by atoms with Crippen LogP contribution in [0.2, 0.25) is 0 Å². The number of nitrogens with zero attached hydrogens (tertiary/aromatic N) is 1. The van der Waals surface area contributed by atoms with Crippen molar-refractivity contribution in [3.05, 3.63) is 29.3 Å². The molecule has 0 aromatic heterocycles. The average molecular weight is 309 g/mol. The second-order valence-electron chi connectivity index (χ2n) is 4.76. The molecule has 0 spiro atoms. The monoisotopic (exact) mass is 309 g/mol. The van der Waals surface area contributed by atoms with Crippen LogP contribution in [-0.2, 0) is 4.74 Å². The van der Waals surface area contributed by atoms with E-state index in [1.54, 1.807) is 25.1 Å². The second-order valence-corrected chi connectivity index (χ2v) is 7.18. The quantitative estimate of drug-likeness (QED) is 0.632. The van der Waals surface area contributed by atoms with Gasteiger partial charge < -0.3 is 9.64 Å². The first-order valence-corrected chi connectivity index (χ1v) is 8.46. The summed E-state index contributed by atoms with van der Waals surface area (Å²) in [6.45, 7) is 1.56. The highest BCUT2D eigenvalue weighted by Gasteiger charge is 2.42. The van der Waals surface area contributed by atoms with Gasteiger partial charge >= 0.3 is 5.97 Å². The van der Waals surface area contributed by atoms with Crippen LogP contribution in [0.1, 0.15) is 27.6 Å². The van der Waals surface area contributed by atoms with Crippen molar-refractivity contribution in [1.29, 1.82) is 0 Å². The van der Waals surface area contributed by atoms with Crippen molar-refractivity contribution >= 4 is 41.0 Å². The molecule has 2 heterocycles. The summed E-state index contributed by atoms with van der Waals surface area (Å²) >= 11 is 3.83. The van der Waals surface area contributed by atoms with Crippen molar-refractivity contribution in [2.75, 3.05) is 23.5 Å². The fraction of sp³-hybridized carbons (Fsp3) is 0.429. The Morgan fingerprint density at radius 3 is 2.40 bits per heavy atom. The molecule has 6 heteroatoms. The Labute approximate surface area is 126 Å². The lowest BCUT2D eigenvalue weighted by Gasteiger charge is -2.25. The van der Waals surface area contributed by atoms with Crippen LogP contribution in [0.15, 0.2) is 18.2 Å². The number of fused-ring (bicyclic) bond motifs is 2. The number of ketones is 1. The summed E-state index contributed by atoms with van der Waals surface area (Å²) in [4.78, 5) is 25.8. The molecule has 0 N–H and O–H groups in total. The second kappa shape index (κ2) is 5.33. The van der Waals surface area contributed by atoms with Crippen molar-refractivity contribution < 1.29 is 14.3 Å². The molecule has 2 aliphatic rings. The Kier molecular flexibility index (Phi) is 3.69. The van der Waals surface area contributed by atoms with E-state index in [1.165, 1.54) is 7.11 Å². The third kappa shape index (κ3) is 2.20. The van der Waals surface area contributed by atoms with Crippen LogP contribution in [0.25, 0.3) is 0 Å². The van der Waals surface area contributed by atoms with Crippen molar-refractivity contribution in [3.63, 3.8) is 0 Å². The highest BCUT2D eigenvalue weighted by Crippen LogP contribution is 2.47. The van der Waals surface area contributed by atoms with Gasteiger partial charge in [0.2, 0.25) is 0 Å². The topological polar surface area (TPSA) is 46.6 Å². The van der Waals surface area contributed by atoms with E-state index in [2.05, 4.69) is 4.90 Å². The molecule has 2 bridgehead atoms. The smallest absolute Gasteiger partial charge is 0.337 e. The summed E-state index contributed by atoms with van der Waals surface area (Å²) in [6.07, 6.45) is 0. The van der Waals surface area contributed by atoms with Crippen molar-refractivity contribution in [2.24, 2.45) is 0 Å². The molecular weight excluding hydrogens is 294 g/mol. The fourth-order valence-corrected chi connectivity index (χ4v) is 5.84. The molecule has 1 aromatic rings. The SMILES string of the molecule is COC(=O)c1ccc(C(C)=O)c(N2C3CSC2CS3)c1. The molecule has 1 aromatic carbocycles. The van der Waals surface area contributed by atoms with E-state index in [0.29, 0.717) is 21.9 Å². The van der Waals surface area contributed by atoms with Crippen molar-refractivity contribution in [2.45, 2.75) is 17.7 Å². The molecule has 0 radical (unpaired) electrons. The third-order valence-corrected chi connectivity index (χ3v) is 6.55. The number of ether oxygens (including phenoxy) is 1. The normalized spacial score (nSPS) is 24.0. The van der Waals surface area contributed by atoms with Crippen molar-refractivity contribution in [1.82, 2.24) is 0 Å². The minimum Gasteiger partial charge on any atom is -0.465 e. The van der Waals surface area contributed by atoms with Gasteiger partial charge in [0.05, 0.1) is 29.1 Å². The van der Waals surface area contributed by atoms with E-state index < -0.39 is 0 Å². The van der Waals surface area contributed by atoms with Crippen LogP contribution in [0, 0.1) is 0 Å². The van der Waals surface area contributed by atoms with Gasteiger partial charge in [-0.25, -0.2) is 4.79 Å². The maximum absolute atomic E-state index is 11.9. The lowest BCUT2D eigenvalue weighted by atomic mass is 10.0. The summed E-state index contributed by atoms with van der Waals surface area (Å²) in [5.74, 6) is 1.79. The van der Waals surface area contributed by atoms with Gasteiger partial charge in [0.1, 0.15) is 0 Å². The Morgan fingerprint density at radius 2 is 1.90 bits per heavy atom. The van der Waals surface area contributed by atoms with E-state index in [-0.39, 0.29) is 11.8 Å². The first-order valence-electron chi connectivity index (χ1n) is 6.36. The van der Waals surface area contributed by atoms with Gasteiger partial charge in [-0.2, -0.15) is 0 Å². The number of carbonyl (C=O) groups excluding carboxylic acids is 2. The average Bonchev–Trinajstić information content (AvgIpc) is 3.05. The molecular formula is C14H15NO3S2. The summed E-state index contributed by atoms with van der Waals surface area (Å²) in [6, 6.07) is 5.18. The Bertz CT molecular complexity index is 556. The van der Waals surface area contributed by atoms with Gasteiger partial charge in [-0.1, -0.05) is 0 Å². The zero-order valence-corrected chi connectivity index (χ0v) is 12.9. The number of esters is 1. The summed E-state index contributed by atoms with van der Waals surface area (Å²) in [5, 5.41) is 0.798. The summed E-state index contributed by atoms with van der Waals surface area (Å²) in [7, 11) is 1.37. The van der Waals surface area contributed by atoms with Gasteiger partial charge in [0.15, 0.2) is 5.78 Å². The predicted molar refractivity (Wildman–Crippen MR) is 82.8 cm³/mol. The van der Waals surface area contributed by atoms with Gasteiger partial charge in [-0.05, 0) is 25.1 Å². The Morgan fingerprint density at radius 1 is 1.25 bits per heavy atom. The number of benzene rings is 1.